The molecule has 0 N–H and O–H groups in total. The Balaban J connectivity index is 5.62. The molecule has 0 atom stereocenters. The molecule has 0 aliphatic carbocycles. The van der Waals surface area contributed by atoms with Crippen LogP contribution in [0.15, 0.2) is 0 Å². The summed E-state index contributed by atoms with van der Waals surface area (Å²) in [6, 6.07) is 0. The van der Waals surface area contributed by atoms with E-state index in [1.165, 1.54) is 0 Å². The number of alkyl halides is 14. The molecule has 17 heteroatoms. The van der Waals surface area contributed by atoms with Crippen molar-refractivity contribution in [1.82, 2.24) is 0 Å². The average Bonchev–Trinajstić information content (AvgIpc) is 2.52. The van der Waals surface area contributed by atoms with Crippen LogP contribution >= 0.6 is 11.6 Å². The Kier molecular flexibility index (Phi) is 10.00. The van der Waals surface area contributed by atoms with Crippen LogP contribution in [0.1, 0.15) is 0 Å². The van der Waals surface area contributed by atoms with Crippen LogP contribution in [0.3, 0.4) is 0 Å². The van der Waals surface area contributed by atoms with Gasteiger partial charge in [-0.05, 0) is 0 Å². The highest BCUT2D eigenvalue weighted by Gasteiger charge is 2.92. The maximum atomic E-state index is 13.7. The average molecular weight is 501 g/mol. The molecule has 0 amide bonds. The summed E-state index contributed by atoms with van der Waals surface area (Å²) >= 11 is 5.24. The van der Waals surface area contributed by atoms with Crippen molar-refractivity contribution >= 4 is 11.6 Å². The molecule has 0 aliphatic rings. The Morgan fingerprint density at radius 2 is 0.833 bits per heavy atom. The fourth-order valence-corrected chi connectivity index (χ4v) is 2.05. The summed E-state index contributed by atoms with van der Waals surface area (Å²) in [6.45, 7) is -5.69. The van der Waals surface area contributed by atoms with E-state index in [1.807, 2.05) is 0 Å². The normalized spacial score (nSPS) is 15.0. The van der Waals surface area contributed by atoms with Crippen molar-refractivity contribution in [3.8, 4) is 0 Å². The molecule has 0 spiro atoms. The monoisotopic (exact) mass is 500 g/mol. The summed E-state index contributed by atoms with van der Waals surface area (Å²) < 4.78 is 181. The van der Waals surface area contributed by atoms with Gasteiger partial charge in [-0.1, -0.05) is 0 Å². The van der Waals surface area contributed by atoms with Gasteiger partial charge < -0.3 is 14.2 Å². The number of hydrogen-bond acceptors (Lipinski definition) is 3. The molecule has 0 heterocycles. The lowest BCUT2D eigenvalue weighted by molar-refractivity contribution is -0.465. The van der Waals surface area contributed by atoms with Crippen LogP contribution in [0.4, 0.5) is 57.1 Å². The molecule has 0 radical (unpaired) electrons. The van der Waals surface area contributed by atoms with Gasteiger partial charge >= 0.3 is 30.4 Å². The van der Waals surface area contributed by atoms with Gasteiger partial charge in [-0.2, -0.15) is 57.1 Å². The molecule has 0 fully saturated rings. The van der Waals surface area contributed by atoms with E-state index >= 15 is 0 Å². The Labute approximate surface area is 165 Å². The van der Waals surface area contributed by atoms with Gasteiger partial charge in [0.25, 0.3) is 5.41 Å². The number of hydrogen-bond donors (Lipinski definition) is 0. The first-order valence-corrected chi connectivity index (χ1v) is 8.09. The van der Waals surface area contributed by atoms with Crippen LogP contribution in [-0.2, 0) is 14.2 Å². The molecular weight excluding hydrogens is 487 g/mol. The van der Waals surface area contributed by atoms with Gasteiger partial charge in [0.05, 0.1) is 39.6 Å². The van der Waals surface area contributed by atoms with Gasteiger partial charge in [-0.15, -0.1) is 11.6 Å². The Bertz CT molecular complexity index is 502. The molecule has 0 aromatic carbocycles. The molecule has 30 heavy (non-hydrogen) atoms. The summed E-state index contributed by atoms with van der Waals surface area (Å²) in [6.07, 6.45) is -22.0. The van der Waals surface area contributed by atoms with Gasteiger partial charge in [-0.25, -0.2) is 0 Å². The van der Waals surface area contributed by atoms with Gasteiger partial charge in [-0.3, -0.25) is 0 Å². The second-order valence-electron chi connectivity index (χ2n) is 5.51. The highest BCUT2D eigenvalue weighted by atomic mass is 35.5. The number of rotatable bonds is 12. The fraction of sp³-hybridized carbons (Fsp3) is 1.00. The van der Waals surface area contributed by atoms with Gasteiger partial charge in [0.1, 0.15) is 0 Å². The van der Waals surface area contributed by atoms with Crippen LogP contribution in [-0.4, -0.2) is 75.9 Å². The van der Waals surface area contributed by atoms with Gasteiger partial charge in [0.15, 0.2) is 0 Å². The lowest BCUT2D eigenvalue weighted by atomic mass is 9.76. The van der Waals surface area contributed by atoms with Crippen molar-refractivity contribution < 1.29 is 71.3 Å². The van der Waals surface area contributed by atoms with E-state index in [0.717, 1.165) is 0 Å². The van der Waals surface area contributed by atoms with Crippen molar-refractivity contribution in [2.24, 2.45) is 5.41 Å². The first-order chi connectivity index (χ1) is 13.3. The largest absolute Gasteiger partial charge is 0.459 e. The van der Waals surface area contributed by atoms with E-state index in [1.54, 1.807) is 0 Å². The van der Waals surface area contributed by atoms with Crippen LogP contribution in [0.5, 0.6) is 0 Å². The summed E-state index contributed by atoms with van der Waals surface area (Å²) in [7, 11) is 0. The minimum absolute atomic E-state index is 0.0730. The lowest BCUT2D eigenvalue weighted by Crippen LogP contribution is -2.71. The molecular formula is C13H14ClF13O3. The predicted molar refractivity (Wildman–Crippen MR) is 73.7 cm³/mol. The van der Waals surface area contributed by atoms with E-state index in [9.17, 15) is 57.1 Å². The zero-order valence-corrected chi connectivity index (χ0v) is 15.2. The minimum atomic E-state index is -7.70. The third-order valence-corrected chi connectivity index (χ3v) is 3.69. The number of halogens is 14. The third-order valence-electron chi connectivity index (χ3n) is 3.54. The van der Waals surface area contributed by atoms with Crippen LogP contribution < -0.4 is 0 Å². The zero-order valence-electron chi connectivity index (χ0n) is 14.5. The van der Waals surface area contributed by atoms with Gasteiger partial charge in [0.2, 0.25) is 0 Å². The molecule has 0 saturated carbocycles. The van der Waals surface area contributed by atoms with Crippen molar-refractivity contribution in [3.63, 3.8) is 0 Å². The smallest absolute Gasteiger partial charge is 0.378 e. The van der Waals surface area contributed by atoms with E-state index in [-0.39, 0.29) is 25.7 Å². The Morgan fingerprint density at radius 3 is 1.17 bits per heavy atom. The Hall–Kier alpha value is -0.740. The molecule has 182 valence electrons. The van der Waals surface area contributed by atoms with E-state index in [4.69, 9.17) is 16.3 Å². The van der Waals surface area contributed by atoms with Crippen molar-refractivity contribution in [2.75, 3.05) is 45.5 Å². The molecule has 0 aliphatic heterocycles. The molecule has 0 unspecified atom stereocenters. The first-order valence-electron chi connectivity index (χ1n) is 7.56. The highest BCUT2D eigenvalue weighted by Crippen LogP contribution is 2.65. The zero-order chi connectivity index (χ0) is 24.1. The lowest BCUT2D eigenvalue weighted by Gasteiger charge is -2.44. The van der Waals surface area contributed by atoms with Crippen LogP contribution in [0, 0.1) is 5.41 Å². The maximum Gasteiger partial charge on any atom is 0.459 e. The second kappa shape index (κ2) is 10.3. The fourth-order valence-electron chi connectivity index (χ4n) is 1.94. The van der Waals surface area contributed by atoms with Crippen molar-refractivity contribution in [3.05, 3.63) is 0 Å². The second-order valence-corrected chi connectivity index (χ2v) is 5.89. The highest BCUT2D eigenvalue weighted by molar-refractivity contribution is 6.17. The standard InChI is InChI=1S/C13H14ClF13O3/c14-1-2-28-3-4-29-5-6-30-7-8(11(19,20)21,12(22,23)24)9(15,16)10(17,18)13(25,26)27/h1-7H2. The predicted octanol–water partition coefficient (Wildman–Crippen LogP) is 5.22. The van der Waals surface area contributed by atoms with Crippen LogP contribution in [0.25, 0.3) is 0 Å². The molecule has 0 aromatic heterocycles. The van der Waals surface area contributed by atoms with Gasteiger partial charge in [0, 0.05) is 5.88 Å². The number of ether oxygens (including phenoxy) is 3. The van der Waals surface area contributed by atoms with Crippen LogP contribution in [0.2, 0.25) is 0 Å². The summed E-state index contributed by atoms with van der Waals surface area (Å²) in [5.41, 5.74) is -6.87. The first kappa shape index (κ1) is 29.3. The Morgan fingerprint density at radius 1 is 0.467 bits per heavy atom. The third kappa shape index (κ3) is 5.94. The summed E-state index contributed by atoms with van der Waals surface area (Å²) in [5.74, 6) is -15.3. The molecule has 0 rings (SSSR count). The SMILES string of the molecule is FC(F)(F)C(F)(F)C(F)(F)C(COCCOCCOCCCl)(C(F)(F)F)C(F)(F)F. The van der Waals surface area contributed by atoms with Crippen molar-refractivity contribution in [1.29, 1.82) is 0 Å². The molecule has 3 nitrogen and oxygen atoms in total. The maximum absolute atomic E-state index is 13.7. The molecule has 0 bridgehead atoms. The van der Waals surface area contributed by atoms with Crippen molar-refractivity contribution in [2.45, 2.75) is 30.4 Å². The summed E-state index contributed by atoms with van der Waals surface area (Å²) in [5, 5.41) is 0. The summed E-state index contributed by atoms with van der Waals surface area (Å²) in [4.78, 5) is 0. The topological polar surface area (TPSA) is 27.7 Å². The quantitative estimate of drug-likeness (QED) is 0.209. The van der Waals surface area contributed by atoms with E-state index in [2.05, 4.69) is 9.47 Å². The molecule has 0 aromatic rings. The molecule has 0 saturated heterocycles. The minimum Gasteiger partial charge on any atom is -0.378 e. The van der Waals surface area contributed by atoms with E-state index in [0.29, 0.717) is 0 Å². The van der Waals surface area contributed by atoms with E-state index < -0.39 is 55.6 Å².